The number of hydrogen-bond acceptors (Lipinski definition) is 3. The van der Waals surface area contributed by atoms with Gasteiger partial charge in [0.05, 0.1) is 5.56 Å². The fraction of sp³-hybridized carbons (Fsp3) is 0.333. The van der Waals surface area contributed by atoms with Crippen LogP contribution in [0.25, 0.3) is 0 Å². The van der Waals surface area contributed by atoms with Crippen molar-refractivity contribution in [3.8, 4) is 0 Å². The molecule has 0 spiro atoms. The molecule has 8 heteroatoms. The summed E-state index contributed by atoms with van der Waals surface area (Å²) in [6.07, 6.45) is -4.51. The van der Waals surface area contributed by atoms with Crippen LogP contribution in [0, 0.1) is 6.92 Å². The van der Waals surface area contributed by atoms with Crippen molar-refractivity contribution in [2.24, 2.45) is 0 Å². The first-order valence-electron chi connectivity index (χ1n) is 5.47. The summed E-state index contributed by atoms with van der Waals surface area (Å²) in [5.74, 6) is -1.97. The zero-order valence-electron chi connectivity index (χ0n) is 10.5. The fourth-order valence-electron chi connectivity index (χ4n) is 1.35. The highest BCUT2D eigenvalue weighted by Crippen LogP contribution is 2.31. The van der Waals surface area contributed by atoms with Crippen LogP contribution in [-0.4, -0.2) is 30.2 Å². The molecule has 2 N–H and O–H groups in total. The van der Waals surface area contributed by atoms with Gasteiger partial charge in [0, 0.05) is 5.69 Å². The summed E-state index contributed by atoms with van der Waals surface area (Å²) >= 11 is 0. The van der Waals surface area contributed by atoms with Gasteiger partial charge in [-0.3, -0.25) is 4.79 Å². The summed E-state index contributed by atoms with van der Waals surface area (Å²) in [5, 5.41) is 10.5. The van der Waals surface area contributed by atoms with Crippen LogP contribution in [0.2, 0.25) is 0 Å². The molecule has 0 unspecified atom stereocenters. The van der Waals surface area contributed by atoms with Crippen molar-refractivity contribution in [3.05, 3.63) is 29.3 Å². The lowest BCUT2D eigenvalue weighted by Crippen LogP contribution is -2.21. The number of rotatable bonds is 5. The van der Waals surface area contributed by atoms with Crippen molar-refractivity contribution in [1.82, 2.24) is 0 Å². The Balaban J connectivity index is 2.71. The van der Waals surface area contributed by atoms with Gasteiger partial charge in [0.1, 0.15) is 13.2 Å². The SMILES string of the molecule is Cc1ccc(C(F)(F)F)cc1NC(=O)COCC(=O)O. The number of aryl methyl sites for hydroxylation is 1. The number of hydrogen-bond donors (Lipinski definition) is 2. The molecular formula is C12H12F3NO4. The number of ether oxygens (including phenoxy) is 1. The molecule has 0 heterocycles. The number of amides is 1. The van der Waals surface area contributed by atoms with Gasteiger partial charge in [0.2, 0.25) is 5.91 Å². The van der Waals surface area contributed by atoms with Crippen molar-refractivity contribution in [2.45, 2.75) is 13.1 Å². The Kier molecular flexibility index (Phi) is 5.09. The minimum atomic E-state index is -4.51. The van der Waals surface area contributed by atoms with Crippen LogP contribution in [0.1, 0.15) is 11.1 Å². The Bertz CT molecular complexity index is 514. The van der Waals surface area contributed by atoms with Gasteiger partial charge in [-0.2, -0.15) is 13.2 Å². The van der Waals surface area contributed by atoms with Crippen LogP contribution >= 0.6 is 0 Å². The van der Waals surface area contributed by atoms with Gasteiger partial charge in [-0.25, -0.2) is 4.79 Å². The van der Waals surface area contributed by atoms with Crippen LogP contribution in [0.4, 0.5) is 18.9 Å². The molecule has 0 aromatic heterocycles. The Morgan fingerprint density at radius 2 is 1.95 bits per heavy atom. The van der Waals surface area contributed by atoms with E-state index in [-0.39, 0.29) is 5.69 Å². The van der Waals surface area contributed by atoms with E-state index in [2.05, 4.69) is 10.1 Å². The zero-order chi connectivity index (χ0) is 15.3. The maximum absolute atomic E-state index is 12.5. The van der Waals surface area contributed by atoms with Crippen LogP contribution in [0.5, 0.6) is 0 Å². The molecule has 1 aromatic rings. The number of benzene rings is 1. The topological polar surface area (TPSA) is 75.6 Å². The molecule has 0 saturated carbocycles. The van der Waals surface area contributed by atoms with Crippen molar-refractivity contribution in [1.29, 1.82) is 0 Å². The first kappa shape index (κ1) is 16.0. The lowest BCUT2D eigenvalue weighted by molar-refractivity contribution is -0.143. The molecule has 1 amide bonds. The number of anilines is 1. The van der Waals surface area contributed by atoms with Gasteiger partial charge < -0.3 is 15.2 Å². The molecule has 0 bridgehead atoms. The van der Waals surface area contributed by atoms with Gasteiger partial charge in [-0.05, 0) is 24.6 Å². The number of carbonyl (C=O) groups is 2. The van der Waals surface area contributed by atoms with Crippen molar-refractivity contribution in [2.75, 3.05) is 18.5 Å². The van der Waals surface area contributed by atoms with Gasteiger partial charge in [-0.15, -0.1) is 0 Å². The Hall–Kier alpha value is -2.09. The molecule has 0 fully saturated rings. The monoisotopic (exact) mass is 291 g/mol. The quantitative estimate of drug-likeness (QED) is 0.870. The number of halogens is 3. The minimum absolute atomic E-state index is 0.00347. The number of carbonyl (C=O) groups excluding carboxylic acids is 1. The largest absolute Gasteiger partial charge is 0.480 e. The molecule has 0 saturated heterocycles. The molecule has 0 atom stereocenters. The van der Waals surface area contributed by atoms with E-state index in [0.717, 1.165) is 12.1 Å². The minimum Gasteiger partial charge on any atom is -0.480 e. The predicted octanol–water partition coefficient (Wildman–Crippen LogP) is 2.05. The number of carboxylic acid groups (broad SMARTS) is 1. The maximum atomic E-state index is 12.5. The molecule has 20 heavy (non-hydrogen) atoms. The highest BCUT2D eigenvalue weighted by atomic mass is 19.4. The Morgan fingerprint density at radius 3 is 2.50 bits per heavy atom. The van der Waals surface area contributed by atoms with E-state index in [1.54, 1.807) is 0 Å². The summed E-state index contributed by atoms with van der Waals surface area (Å²) < 4.78 is 42.1. The predicted molar refractivity (Wildman–Crippen MR) is 63.3 cm³/mol. The average Bonchev–Trinajstić information content (AvgIpc) is 2.30. The summed E-state index contributed by atoms with van der Waals surface area (Å²) in [4.78, 5) is 21.6. The van der Waals surface area contributed by atoms with E-state index in [0.29, 0.717) is 5.56 Å². The smallest absolute Gasteiger partial charge is 0.416 e. The second-order valence-corrected chi connectivity index (χ2v) is 3.96. The molecular weight excluding hydrogens is 279 g/mol. The number of nitrogens with one attached hydrogen (secondary N) is 1. The van der Waals surface area contributed by atoms with Crippen molar-refractivity contribution in [3.63, 3.8) is 0 Å². The van der Waals surface area contributed by atoms with Crippen LogP contribution in [0.15, 0.2) is 18.2 Å². The standard InChI is InChI=1S/C12H12F3NO4/c1-7-2-3-8(12(13,14)15)4-9(7)16-10(17)5-20-6-11(18)19/h2-4H,5-6H2,1H3,(H,16,17)(H,18,19). The molecule has 0 aliphatic heterocycles. The van der Waals surface area contributed by atoms with Gasteiger partial charge >= 0.3 is 12.1 Å². The lowest BCUT2D eigenvalue weighted by Gasteiger charge is -2.12. The first-order valence-corrected chi connectivity index (χ1v) is 5.47. The Morgan fingerprint density at radius 1 is 1.30 bits per heavy atom. The summed E-state index contributed by atoms with van der Waals surface area (Å²) in [5.41, 5.74) is -0.432. The molecule has 110 valence electrons. The van der Waals surface area contributed by atoms with E-state index in [1.165, 1.54) is 13.0 Å². The average molecular weight is 291 g/mol. The lowest BCUT2D eigenvalue weighted by atomic mass is 10.1. The van der Waals surface area contributed by atoms with Crippen LogP contribution in [0.3, 0.4) is 0 Å². The highest BCUT2D eigenvalue weighted by Gasteiger charge is 2.30. The van der Waals surface area contributed by atoms with Gasteiger partial charge in [-0.1, -0.05) is 6.07 Å². The molecule has 5 nitrogen and oxygen atoms in total. The zero-order valence-corrected chi connectivity index (χ0v) is 10.5. The second-order valence-electron chi connectivity index (χ2n) is 3.96. The van der Waals surface area contributed by atoms with E-state index in [9.17, 15) is 22.8 Å². The third kappa shape index (κ3) is 4.88. The van der Waals surface area contributed by atoms with E-state index >= 15 is 0 Å². The van der Waals surface area contributed by atoms with E-state index in [4.69, 9.17) is 5.11 Å². The van der Waals surface area contributed by atoms with Crippen molar-refractivity contribution >= 4 is 17.6 Å². The van der Waals surface area contributed by atoms with Gasteiger partial charge in [0.15, 0.2) is 0 Å². The number of aliphatic carboxylic acids is 1. The molecule has 0 aliphatic carbocycles. The number of alkyl halides is 3. The number of carboxylic acids is 1. The van der Waals surface area contributed by atoms with Gasteiger partial charge in [0.25, 0.3) is 0 Å². The molecule has 0 radical (unpaired) electrons. The van der Waals surface area contributed by atoms with Crippen molar-refractivity contribution < 1.29 is 32.6 Å². The third-order valence-electron chi connectivity index (χ3n) is 2.30. The molecule has 1 rings (SSSR count). The molecule has 1 aromatic carbocycles. The summed E-state index contributed by atoms with van der Waals surface area (Å²) in [7, 11) is 0. The van der Waals surface area contributed by atoms with Crippen LogP contribution in [-0.2, 0) is 20.5 Å². The first-order chi connectivity index (χ1) is 9.20. The third-order valence-corrected chi connectivity index (χ3v) is 2.30. The maximum Gasteiger partial charge on any atom is 0.416 e. The van der Waals surface area contributed by atoms with Crippen LogP contribution < -0.4 is 5.32 Å². The summed E-state index contributed by atoms with van der Waals surface area (Å²) in [6.45, 7) is 0.324. The summed E-state index contributed by atoms with van der Waals surface area (Å²) in [6, 6.07) is 2.95. The van der Waals surface area contributed by atoms with E-state index in [1.807, 2.05) is 0 Å². The second kappa shape index (κ2) is 6.38. The fourth-order valence-corrected chi connectivity index (χ4v) is 1.35. The normalized spacial score (nSPS) is 11.2. The molecule has 0 aliphatic rings. The Labute approximate surface area is 112 Å². The van der Waals surface area contributed by atoms with E-state index < -0.39 is 36.8 Å². The highest BCUT2D eigenvalue weighted by molar-refractivity contribution is 5.92.